The Hall–Kier alpha value is -2.18. The van der Waals surface area contributed by atoms with Crippen molar-refractivity contribution >= 4 is 11.7 Å². The van der Waals surface area contributed by atoms with E-state index in [-0.39, 0.29) is 5.75 Å². The van der Waals surface area contributed by atoms with E-state index in [4.69, 9.17) is 5.73 Å². The van der Waals surface area contributed by atoms with Crippen LogP contribution in [0.25, 0.3) is 0 Å². The molecule has 0 aliphatic carbocycles. The molecule has 0 bridgehead atoms. The number of halogens is 2. The van der Waals surface area contributed by atoms with Crippen molar-refractivity contribution in [1.29, 1.82) is 0 Å². The predicted octanol–water partition coefficient (Wildman–Crippen LogP) is 1.68. The van der Waals surface area contributed by atoms with Crippen molar-refractivity contribution in [1.82, 2.24) is 5.43 Å². The number of alkyl halides is 2. The molecule has 2 amide bonds. The Kier molecular flexibility index (Phi) is 4.38. The summed E-state index contributed by atoms with van der Waals surface area (Å²) in [6, 6.07) is 5.07. The molecular weight excluding hydrogens is 232 g/mol. The molecule has 0 heterocycles. The first kappa shape index (κ1) is 12.9. The maximum absolute atomic E-state index is 11.9. The van der Waals surface area contributed by atoms with Gasteiger partial charge in [-0.1, -0.05) is 0 Å². The van der Waals surface area contributed by atoms with Crippen molar-refractivity contribution in [3.63, 3.8) is 0 Å². The fraction of sp³-hybridized carbons (Fsp3) is 0.200. The van der Waals surface area contributed by atoms with Gasteiger partial charge in [-0.15, -0.1) is 0 Å². The standard InChI is InChI=1S/C10H11F2N3O2/c1-6(14-15-10(13)16)7-2-4-8(5-3-7)17-9(11)12/h2-5,9H,1H3,(H3,13,15,16). The highest BCUT2D eigenvalue weighted by atomic mass is 19.3. The molecule has 0 spiro atoms. The number of amides is 2. The van der Waals surface area contributed by atoms with Crippen LogP contribution in [0.2, 0.25) is 0 Å². The van der Waals surface area contributed by atoms with Crippen LogP contribution in [0, 0.1) is 0 Å². The molecule has 0 atom stereocenters. The fourth-order valence-corrected chi connectivity index (χ4v) is 1.08. The average molecular weight is 243 g/mol. The van der Waals surface area contributed by atoms with Gasteiger partial charge in [-0.05, 0) is 36.8 Å². The predicted molar refractivity (Wildman–Crippen MR) is 58.0 cm³/mol. The van der Waals surface area contributed by atoms with Crippen LogP contribution in [-0.4, -0.2) is 18.4 Å². The van der Waals surface area contributed by atoms with Gasteiger partial charge in [-0.25, -0.2) is 10.2 Å². The lowest BCUT2D eigenvalue weighted by molar-refractivity contribution is -0.0498. The summed E-state index contributed by atoms with van der Waals surface area (Å²) in [6.45, 7) is -1.22. The molecule has 0 saturated heterocycles. The first-order valence-corrected chi connectivity index (χ1v) is 4.64. The monoisotopic (exact) mass is 243 g/mol. The van der Waals surface area contributed by atoms with E-state index < -0.39 is 12.6 Å². The molecule has 0 fully saturated rings. The highest BCUT2D eigenvalue weighted by molar-refractivity contribution is 5.99. The average Bonchev–Trinajstić information content (AvgIpc) is 2.26. The minimum absolute atomic E-state index is 0.0550. The molecule has 17 heavy (non-hydrogen) atoms. The van der Waals surface area contributed by atoms with E-state index in [0.717, 1.165) is 0 Å². The van der Waals surface area contributed by atoms with Crippen LogP contribution in [0.4, 0.5) is 13.6 Å². The third-order valence-corrected chi connectivity index (χ3v) is 1.83. The van der Waals surface area contributed by atoms with Gasteiger partial charge in [0, 0.05) is 0 Å². The summed E-state index contributed by atoms with van der Waals surface area (Å²) in [5, 5.41) is 3.69. The zero-order valence-electron chi connectivity index (χ0n) is 8.98. The molecule has 1 aromatic rings. The second-order valence-corrected chi connectivity index (χ2v) is 3.08. The van der Waals surface area contributed by atoms with Gasteiger partial charge in [-0.2, -0.15) is 13.9 Å². The molecule has 0 aliphatic rings. The number of ether oxygens (including phenoxy) is 1. The van der Waals surface area contributed by atoms with Gasteiger partial charge in [0.25, 0.3) is 0 Å². The van der Waals surface area contributed by atoms with Crippen LogP contribution in [-0.2, 0) is 0 Å². The molecule has 5 nitrogen and oxygen atoms in total. The number of hydrogen-bond acceptors (Lipinski definition) is 3. The highest BCUT2D eigenvalue weighted by Crippen LogP contribution is 2.15. The molecule has 0 saturated carbocycles. The summed E-state index contributed by atoms with van der Waals surface area (Å²) < 4.78 is 27.9. The first-order valence-electron chi connectivity index (χ1n) is 4.64. The zero-order valence-corrected chi connectivity index (χ0v) is 8.98. The molecule has 0 radical (unpaired) electrons. The van der Waals surface area contributed by atoms with Gasteiger partial charge in [0.05, 0.1) is 5.71 Å². The number of hydrogen-bond donors (Lipinski definition) is 2. The van der Waals surface area contributed by atoms with Crippen molar-refractivity contribution < 1.29 is 18.3 Å². The maximum atomic E-state index is 11.9. The van der Waals surface area contributed by atoms with Gasteiger partial charge in [0.15, 0.2) is 0 Å². The summed E-state index contributed by atoms with van der Waals surface area (Å²) in [6.07, 6.45) is 0. The molecule has 92 valence electrons. The molecule has 0 aromatic heterocycles. The summed E-state index contributed by atoms with van der Waals surface area (Å²) >= 11 is 0. The lowest BCUT2D eigenvalue weighted by Gasteiger charge is -2.05. The Morgan fingerprint density at radius 1 is 1.41 bits per heavy atom. The Labute approximate surface area is 96.3 Å². The molecule has 1 aromatic carbocycles. The van der Waals surface area contributed by atoms with E-state index in [2.05, 4.69) is 15.3 Å². The molecule has 0 unspecified atom stereocenters. The number of primary amides is 1. The van der Waals surface area contributed by atoms with Crippen molar-refractivity contribution in [2.75, 3.05) is 0 Å². The highest BCUT2D eigenvalue weighted by Gasteiger charge is 2.04. The fourth-order valence-electron chi connectivity index (χ4n) is 1.08. The van der Waals surface area contributed by atoms with Gasteiger partial charge in [-0.3, -0.25) is 0 Å². The number of hydrazone groups is 1. The van der Waals surface area contributed by atoms with Crippen LogP contribution in [0.3, 0.4) is 0 Å². The second-order valence-electron chi connectivity index (χ2n) is 3.08. The van der Waals surface area contributed by atoms with Crippen molar-refractivity contribution in [3.8, 4) is 5.75 Å². The van der Waals surface area contributed by atoms with Gasteiger partial charge in [0.1, 0.15) is 5.75 Å². The number of urea groups is 1. The third kappa shape index (κ3) is 4.45. The quantitative estimate of drug-likeness (QED) is 0.623. The second kappa shape index (κ2) is 5.78. The lowest BCUT2D eigenvalue weighted by Crippen LogP contribution is -2.25. The normalized spacial score (nSPS) is 11.4. The van der Waals surface area contributed by atoms with Gasteiger partial charge >= 0.3 is 12.6 Å². The maximum Gasteiger partial charge on any atom is 0.387 e. The van der Waals surface area contributed by atoms with Crippen LogP contribution in [0.5, 0.6) is 5.75 Å². The van der Waals surface area contributed by atoms with E-state index in [0.29, 0.717) is 11.3 Å². The van der Waals surface area contributed by atoms with Crippen LogP contribution < -0.4 is 15.9 Å². The van der Waals surface area contributed by atoms with Crippen LogP contribution in [0.15, 0.2) is 29.4 Å². The topological polar surface area (TPSA) is 76.7 Å². The number of carbonyl (C=O) groups is 1. The van der Waals surface area contributed by atoms with E-state index >= 15 is 0 Å². The molecule has 7 heteroatoms. The van der Waals surface area contributed by atoms with E-state index in [9.17, 15) is 13.6 Å². The molecule has 1 rings (SSSR count). The summed E-state index contributed by atoms with van der Waals surface area (Å²) in [5.41, 5.74) is 8.05. The van der Waals surface area contributed by atoms with Gasteiger partial charge < -0.3 is 10.5 Å². The number of nitrogens with one attached hydrogen (secondary N) is 1. The number of benzene rings is 1. The minimum Gasteiger partial charge on any atom is -0.435 e. The Bertz CT molecular complexity index is 418. The Morgan fingerprint density at radius 3 is 2.47 bits per heavy atom. The smallest absolute Gasteiger partial charge is 0.387 e. The number of rotatable bonds is 4. The van der Waals surface area contributed by atoms with E-state index in [1.54, 1.807) is 19.1 Å². The number of nitrogens with two attached hydrogens (primary N) is 1. The first-order chi connectivity index (χ1) is 7.99. The van der Waals surface area contributed by atoms with Crippen LogP contribution >= 0.6 is 0 Å². The molecule has 0 aliphatic heterocycles. The molecular formula is C10H11F2N3O2. The number of nitrogens with zero attached hydrogens (tertiary/aromatic N) is 1. The van der Waals surface area contributed by atoms with Gasteiger partial charge in [0.2, 0.25) is 0 Å². The largest absolute Gasteiger partial charge is 0.435 e. The van der Waals surface area contributed by atoms with Crippen molar-refractivity contribution in [2.24, 2.45) is 10.8 Å². The molecule has 3 N–H and O–H groups in total. The van der Waals surface area contributed by atoms with Crippen LogP contribution in [0.1, 0.15) is 12.5 Å². The SMILES string of the molecule is CC(=NNC(N)=O)c1ccc(OC(F)F)cc1. The summed E-state index contributed by atoms with van der Waals surface area (Å²) in [4.78, 5) is 10.4. The zero-order chi connectivity index (χ0) is 12.8. The lowest BCUT2D eigenvalue weighted by atomic mass is 10.1. The van der Waals surface area contributed by atoms with E-state index in [1.807, 2.05) is 0 Å². The van der Waals surface area contributed by atoms with E-state index in [1.165, 1.54) is 12.1 Å². The van der Waals surface area contributed by atoms with Crippen molar-refractivity contribution in [2.45, 2.75) is 13.5 Å². The Balaban J connectivity index is 2.73. The Morgan fingerprint density at radius 2 is 2.00 bits per heavy atom. The minimum atomic E-state index is -2.85. The third-order valence-electron chi connectivity index (χ3n) is 1.83. The summed E-state index contributed by atoms with van der Waals surface area (Å²) in [7, 11) is 0. The number of carbonyl (C=O) groups excluding carboxylic acids is 1. The van der Waals surface area contributed by atoms with Crippen molar-refractivity contribution in [3.05, 3.63) is 29.8 Å². The summed E-state index contributed by atoms with van der Waals surface area (Å²) in [5.74, 6) is 0.0550.